The molecular weight excluding hydrogens is 497 g/mol. The van der Waals surface area contributed by atoms with E-state index in [0.29, 0.717) is 6.54 Å². The summed E-state index contributed by atoms with van der Waals surface area (Å²) in [5.74, 6) is 1.72. The van der Waals surface area contributed by atoms with Crippen LogP contribution in [0.15, 0.2) is 29.3 Å². The third-order valence-electron chi connectivity index (χ3n) is 4.59. The van der Waals surface area contributed by atoms with E-state index in [9.17, 15) is 0 Å². The molecule has 0 aliphatic heterocycles. The smallest absolute Gasteiger partial charge is 0.191 e. The molecule has 0 amide bonds. The highest BCUT2D eigenvalue weighted by molar-refractivity contribution is 14.0. The molecule has 0 bridgehead atoms. The lowest BCUT2D eigenvalue weighted by atomic mass is 10.0. The first-order valence-electron chi connectivity index (χ1n) is 9.70. The number of likely N-dealkylation sites (N-methyl/N-ethyl adjacent to an activating group) is 1. The van der Waals surface area contributed by atoms with Crippen molar-refractivity contribution in [3.8, 4) is 5.75 Å². The van der Waals surface area contributed by atoms with Gasteiger partial charge in [0.2, 0.25) is 0 Å². The number of thiazole rings is 1. The van der Waals surface area contributed by atoms with Crippen LogP contribution in [0, 0.1) is 13.8 Å². The van der Waals surface area contributed by atoms with Gasteiger partial charge in [0.1, 0.15) is 5.75 Å². The molecule has 0 saturated carbocycles. The number of aryl methyl sites for hydroxylation is 2. The second-order valence-corrected chi connectivity index (χ2v) is 8.15. The van der Waals surface area contributed by atoms with E-state index in [1.54, 1.807) is 18.4 Å². The lowest BCUT2D eigenvalue weighted by molar-refractivity contribution is 0.295. The molecule has 0 spiro atoms. The van der Waals surface area contributed by atoms with Gasteiger partial charge < -0.3 is 20.3 Å². The highest BCUT2D eigenvalue weighted by Gasteiger charge is 2.18. The molecule has 2 N–H and O–H groups in total. The van der Waals surface area contributed by atoms with Gasteiger partial charge in [0.25, 0.3) is 0 Å². The van der Waals surface area contributed by atoms with Crippen LogP contribution >= 0.6 is 35.3 Å². The number of guanidine groups is 1. The topological polar surface area (TPSA) is 61.8 Å². The van der Waals surface area contributed by atoms with Crippen LogP contribution in [0.3, 0.4) is 0 Å². The van der Waals surface area contributed by atoms with Crippen LogP contribution in [0.2, 0.25) is 0 Å². The predicted octanol–water partition coefficient (Wildman–Crippen LogP) is 3.79. The Bertz CT molecular complexity index is 759. The van der Waals surface area contributed by atoms with E-state index >= 15 is 0 Å². The molecule has 0 aliphatic carbocycles. The number of ether oxygens (including phenoxy) is 1. The number of hydrogen-bond acceptors (Lipinski definition) is 5. The van der Waals surface area contributed by atoms with Crippen molar-refractivity contribution in [2.45, 2.75) is 33.2 Å². The molecule has 1 unspecified atom stereocenters. The van der Waals surface area contributed by atoms with Crippen molar-refractivity contribution in [3.05, 3.63) is 45.4 Å². The van der Waals surface area contributed by atoms with Crippen LogP contribution in [0.5, 0.6) is 5.75 Å². The van der Waals surface area contributed by atoms with Gasteiger partial charge in [0.05, 0.1) is 30.4 Å². The maximum Gasteiger partial charge on any atom is 0.191 e. The van der Waals surface area contributed by atoms with E-state index in [1.807, 2.05) is 18.2 Å². The zero-order valence-electron chi connectivity index (χ0n) is 18.3. The second kappa shape index (κ2) is 13.0. The summed E-state index contributed by atoms with van der Waals surface area (Å²) in [5.41, 5.74) is 2.27. The summed E-state index contributed by atoms with van der Waals surface area (Å²) >= 11 is 1.77. The highest BCUT2D eigenvalue weighted by atomic mass is 127. The molecule has 2 rings (SSSR count). The number of aromatic nitrogens is 1. The molecule has 8 heteroatoms. The summed E-state index contributed by atoms with van der Waals surface area (Å²) < 4.78 is 5.54. The number of halogens is 1. The van der Waals surface area contributed by atoms with Crippen LogP contribution in [0.4, 0.5) is 0 Å². The quantitative estimate of drug-likeness (QED) is 0.293. The molecule has 2 aromatic rings. The minimum absolute atomic E-state index is 0. The Kier molecular flexibility index (Phi) is 11.5. The van der Waals surface area contributed by atoms with Gasteiger partial charge in [-0.05, 0) is 40.9 Å². The predicted molar refractivity (Wildman–Crippen MR) is 134 cm³/mol. The minimum Gasteiger partial charge on any atom is -0.496 e. The molecule has 6 nitrogen and oxygen atoms in total. The van der Waals surface area contributed by atoms with Gasteiger partial charge in [0.15, 0.2) is 5.96 Å². The van der Waals surface area contributed by atoms with Gasteiger partial charge >= 0.3 is 0 Å². The number of hydrogen-bond donors (Lipinski definition) is 2. The van der Waals surface area contributed by atoms with Crippen LogP contribution in [-0.4, -0.2) is 56.7 Å². The van der Waals surface area contributed by atoms with Crippen LogP contribution < -0.4 is 15.4 Å². The molecule has 0 aliphatic rings. The van der Waals surface area contributed by atoms with E-state index in [0.717, 1.165) is 42.5 Å². The van der Waals surface area contributed by atoms with Crippen molar-refractivity contribution in [2.75, 3.05) is 40.8 Å². The normalized spacial score (nSPS) is 12.4. The van der Waals surface area contributed by atoms with Gasteiger partial charge in [-0.1, -0.05) is 18.2 Å². The van der Waals surface area contributed by atoms with Crippen LogP contribution in [0.25, 0.3) is 0 Å². The fourth-order valence-corrected chi connectivity index (χ4v) is 3.87. The van der Waals surface area contributed by atoms with E-state index in [1.165, 1.54) is 9.88 Å². The van der Waals surface area contributed by atoms with E-state index in [4.69, 9.17) is 9.73 Å². The number of rotatable bonds is 9. The van der Waals surface area contributed by atoms with Gasteiger partial charge in [-0.15, -0.1) is 35.3 Å². The largest absolute Gasteiger partial charge is 0.496 e. The Morgan fingerprint density at radius 1 is 1.24 bits per heavy atom. The van der Waals surface area contributed by atoms with E-state index in [-0.39, 0.29) is 30.0 Å². The summed E-state index contributed by atoms with van der Waals surface area (Å²) in [6, 6.07) is 8.27. The van der Waals surface area contributed by atoms with Crippen molar-refractivity contribution in [3.63, 3.8) is 0 Å². The lowest BCUT2D eigenvalue weighted by Crippen LogP contribution is -2.39. The van der Waals surface area contributed by atoms with Crippen molar-refractivity contribution < 1.29 is 4.74 Å². The zero-order valence-corrected chi connectivity index (χ0v) is 21.4. The number of methoxy groups -OCH3 is 1. The van der Waals surface area contributed by atoms with Gasteiger partial charge in [0, 0.05) is 30.0 Å². The lowest BCUT2D eigenvalue weighted by Gasteiger charge is -2.25. The third kappa shape index (κ3) is 7.75. The van der Waals surface area contributed by atoms with E-state index in [2.05, 4.69) is 61.5 Å². The van der Waals surface area contributed by atoms with Crippen molar-refractivity contribution in [1.29, 1.82) is 0 Å². The molecule has 29 heavy (non-hydrogen) atoms. The summed E-state index contributed by atoms with van der Waals surface area (Å²) in [7, 11) is 5.85. The molecule has 0 saturated heterocycles. The zero-order chi connectivity index (χ0) is 20.5. The maximum atomic E-state index is 5.54. The first-order chi connectivity index (χ1) is 13.5. The first-order valence-corrected chi connectivity index (χ1v) is 10.5. The number of para-hydroxylation sites is 1. The Morgan fingerprint density at radius 2 is 1.97 bits per heavy atom. The van der Waals surface area contributed by atoms with Gasteiger partial charge in [-0.3, -0.25) is 4.99 Å². The molecule has 0 radical (unpaired) electrons. The molecule has 1 aromatic carbocycles. The Hall–Kier alpha value is -1.39. The minimum atomic E-state index is 0. The van der Waals surface area contributed by atoms with Crippen molar-refractivity contribution >= 4 is 41.3 Å². The molecule has 1 heterocycles. The fraction of sp³-hybridized carbons (Fsp3) is 0.524. The average molecular weight is 532 g/mol. The molecule has 1 atom stereocenters. The monoisotopic (exact) mass is 531 g/mol. The highest BCUT2D eigenvalue weighted by Crippen LogP contribution is 2.28. The Morgan fingerprint density at radius 3 is 2.55 bits per heavy atom. The van der Waals surface area contributed by atoms with Crippen LogP contribution in [-0.2, 0) is 6.42 Å². The van der Waals surface area contributed by atoms with Gasteiger partial charge in [-0.2, -0.15) is 0 Å². The van der Waals surface area contributed by atoms with Crippen molar-refractivity contribution in [2.24, 2.45) is 4.99 Å². The molecular formula is C21H34IN5OS. The number of nitrogens with zero attached hydrogens (tertiary/aromatic N) is 3. The van der Waals surface area contributed by atoms with Crippen molar-refractivity contribution in [1.82, 2.24) is 20.5 Å². The first kappa shape index (κ1) is 25.6. The van der Waals surface area contributed by atoms with Crippen LogP contribution in [0.1, 0.15) is 34.1 Å². The summed E-state index contributed by atoms with van der Waals surface area (Å²) in [4.78, 5) is 12.9. The molecule has 0 fully saturated rings. The fourth-order valence-electron chi connectivity index (χ4n) is 2.93. The second-order valence-electron chi connectivity index (χ2n) is 6.87. The molecule has 1 aromatic heterocycles. The third-order valence-corrected chi connectivity index (χ3v) is 5.72. The average Bonchev–Trinajstić information content (AvgIpc) is 2.99. The summed E-state index contributed by atoms with van der Waals surface area (Å²) in [5, 5.41) is 7.93. The summed E-state index contributed by atoms with van der Waals surface area (Å²) in [6.45, 7) is 8.52. The number of benzene rings is 1. The Balaban J connectivity index is 0.00000420. The number of nitrogens with one attached hydrogen (secondary N) is 2. The number of aliphatic imine (C=N–C) groups is 1. The standard InChI is InChI=1S/C21H33N5OS.HI/c1-7-22-21(23-13-12-20-25-15(2)16(3)28-20)24-14-18(26(4)5)17-10-8-9-11-19(17)27-6;/h8-11,18H,7,12-14H2,1-6H3,(H2,22,23,24);1H. The SMILES string of the molecule is CCNC(=NCC(c1ccccc1OC)N(C)C)NCCc1nc(C)c(C)s1.I. The van der Waals surface area contributed by atoms with Gasteiger partial charge in [-0.25, -0.2) is 4.98 Å². The Labute approximate surface area is 196 Å². The van der Waals surface area contributed by atoms with E-state index < -0.39 is 0 Å². The maximum absolute atomic E-state index is 5.54. The summed E-state index contributed by atoms with van der Waals surface area (Å²) in [6.07, 6.45) is 0.896. The molecule has 162 valence electrons.